The predicted molar refractivity (Wildman–Crippen MR) is 43.2 cm³/mol. The standard InChI is InChI=1S/C8H7NO3/c1-2-6-4-3-5-7(8(6)10)9(11)12/h2-5,7H,1H2. The van der Waals surface area contributed by atoms with Gasteiger partial charge in [0, 0.05) is 10.5 Å². The van der Waals surface area contributed by atoms with Crippen LogP contribution in [0.1, 0.15) is 0 Å². The zero-order chi connectivity index (χ0) is 9.14. The van der Waals surface area contributed by atoms with Crippen molar-refractivity contribution in [2.45, 2.75) is 6.04 Å². The van der Waals surface area contributed by atoms with Crippen molar-refractivity contribution in [2.75, 3.05) is 0 Å². The minimum absolute atomic E-state index is 0.291. The van der Waals surface area contributed by atoms with Gasteiger partial charge in [-0.25, -0.2) is 0 Å². The SMILES string of the molecule is C=CC1=CC=CC([N+](=O)[O-])C1=O. The second kappa shape index (κ2) is 3.13. The molecule has 12 heavy (non-hydrogen) atoms. The van der Waals surface area contributed by atoms with Gasteiger partial charge in [-0.1, -0.05) is 24.8 Å². The summed E-state index contributed by atoms with van der Waals surface area (Å²) in [4.78, 5) is 20.8. The lowest BCUT2D eigenvalue weighted by atomic mass is 10.00. The molecule has 1 atom stereocenters. The van der Waals surface area contributed by atoms with E-state index in [4.69, 9.17) is 0 Å². The number of hydrogen-bond acceptors (Lipinski definition) is 3. The molecule has 4 heteroatoms. The van der Waals surface area contributed by atoms with Gasteiger partial charge in [0.25, 0.3) is 6.04 Å². The van der Waals surface area contributed by atoms with Gasteiger partial charge in [0.2, 0.25) is 5.78 Å². The molecule has 1 aliphatic carbocycles. The Hall–Kier alpha value is -1.71. The maximum atomic E-state index is 11.2. The first-order valence-corrected chi connectivity index (χ1v) is 3.35. The first-order chi connectivity index (χ1) is 5.66. The van der Waals surface area contributed by atoms with Gasteiger partial charge in [-0.05, 0) is 6.08 Å². The third kappa shape index (κ3) is 1.32. The zero-order valence-corrected chi connectivity index (χ0v) is 6.27. The smallest absolute Gasteiger partial charge is 0.286 e. The normalized spacial score (nSPS) is 21.8. The predicted octanol–water partition coefficient (Wildman–Crippen LogP) is 0.883. The molecule has 0 saturated carbocycles. The highest BCUT2D eigenvalue weighted by Crippen LogP contribution is 2.11. The summed E-state index contributed by atoms with van der Waals surface area (Å²) in [6.07, 6.45) is 5.58. The van der Waals surface area contributed by atoms with Gasteiger partial charge < -0.3 is 0 Å². The molecule has 0 saturated heterocycles. The van der Waals surface area contributed by atoms with Crippen molar-refractivity contribution < 1.29 is 9.72 Å². The van der Waals surface area contributed by atoms with Crippen LogP contribution in [0.3, 0.4) is 0 Å². The van der Waals surface area contributed by atoms with E-state index >= 15 is 0 Å². The number of carbonyl (C=O) groups is 1. The topological polar surface area (TPSA) is 60.2 Å². The maximum absolute atomic E-state index is 11.2. The summed E-state index contributed by atoms with van der Waals surface area (Å²) in [6, 6.07) is -1.23. The fourth-order valence-corrected chi connectivity index (χ4v) is 0.939. The van der Waals surface area contributed by atoms with E-state index in [1.807, 2.05) is 0 Å². The Morgan fingerprint density at radius 2 is 2.33 bits per heavy atom. The van der Waals surface area contributed by atoms with Crippen molar-refractivity contribution >= 4 is 5.78 Å². The largest absolute Gasteiger partial charge is 0.293 e. The van der Waals surface area contributed by atoms with E-state index in [0.29, 0.717) is 5.57 Å². The van der Waals surface area contributed by atoms with Gasteiger partial charge in [-0.15, -0.1) is 0 Å². The number of Topliss-reactive ketones (excluding diaryl/α,β-unsaturated/α-hetero) is 1. The van der Waals surface area contributed by atoms with E-state index in [-0.39, 0.29) is 0 Å². The van der Waals surface area contributed by atoms with Gasteiger partial charge in [-0.2, -0.15) is 0 Å². The van der Waals surface area contributed by atoms with Crippen LogP contribution in [0.4, 0.5) is 0 Å². The van der Waals surface area contributed by atoms with E-state index in [2.05, 4.69) is 6.58 Å². The molecule has 0 aromatic carbocycles. The third-order valence-corrected chi connectivity index (χ3v) is 1.57. The Bertz CT molecular complexity index is 301. The summed E-state index contributed by atoms with van der Waals surface area (Å²) in [7, 11) is 0. The fraction of sp³-hybridized carbons (Fsp3) is 0.125. The molecule has 0 spiro atoms. The molecule has 62 valence electrons. The van der Waals surface area contributed by atoms with Crippen LogP contribution < -0.4 is 0 Å². The summed E-state index contributed by atoms with van der Waals surface area (Å²) in [6.45, 7) is 3.38. The number of ketones is 1. The molecule has 0 aromatic rings. The van der Waals surface area contributed by atoms with Crippen molar-refractivity contribution in [3.05, 3.63) is 46.6 Å². The Kier molecular flexibility index (Phi) is 2.19. The van der Waals surface area contributed by atoms with E-state index in [1.165, 1.54) is 24.3 Å². The van der Waals surface area contributed by atoms with Crippen molar-refractivity contribution in [3.63, 3.8) is 0 Å². The highest BCUT2D eigenvalue weighted by atomic mass is 16.6. The highest BCUT2D eigenvalue weighted by Gasteiger charge is 2.29. The first-order valence-electron chi connectivity index (χ1n) is 3.35. The Morgan fingerprint density at radius 1 is 1.67 bits per heavy atom. The molecule has 0 N–H and O–H groups in total. The van der Waals surface area contributed by atoms with Crippen molar-refractivity contribution in [3.8, 4) is 0 Å². The average molecular weight is 165 g/mol. The van der Waals surface area contributed by atoms with Crippen LogP contribution >= 0.6 is 0 Å². The number of hydrogen-bond donors (Lipinski definition) is 0. The molecule has 0 fully saturated rings. The Balaban J connectivity index is 2.95. The van der Waals surface area contributed by atoms with Crippen molar-refractivity contribution in [1.29, 1.82) is 0 Å². The van der Waals surface area contributed by atoms with Crippen LogP contribution in [0, 0.1) is 10.1 Å². The van der Waals surface area contributed by atoms with Gasteiger partial charge >= 0.3 is 0 Å². The minimum atomic E-state index is -1.23. The molecule has 1 unspecified atom stereocenters. The zero-order valence-electron chi connectivity index (χ0n) is 6.27. The van der Waals surface area contributed by atoms with E-state index in [1.54, 1.807) is 0 Å². The van der Waals surface area contributed by atoms with E-state index in [0.717, 1.165) is 0 Å². The van der Waals surface area contributed by atoms with Crippen LogP contribution in [0.2, 0.25) is 0 Å². The van der Waals surface area contributed by atoms with Gasteiger partial charge in [0.05, 0.1) is 0 Å². The molecule has 0 radical (unpaired) electrons. The van der Waals surface area contributed by atoms with Gasteiger partial charge in [0.1, 0.15) is 0 Å². The monoisotopic (exact) mass is 165 g/mol. The quantitative estimate of drug-likeness (QED) is 0.450. The molecule has 0 aliphatic heterocycles. The highest BCUT2D eigenvalue weighted by molar-refractivity contribution is 6.03. The third-order valence-electron chi connectivity index (χ3n) is 1.57. The number of carbonyl (C=O) groups excluding carboxylic acids is 1. The molecule has 1 rings (SSSR count). The summed E-state index contributed by atoms with van der Waals surface area (Å²) < 4.78 is 0. The Morgan fingerprint density at radius 3 is 2.83 bits per heavy atom. The average Bonchev–Trinajstić information content (AvgIpc) is 2.04. The summed E-state index contributed by atoms with van der Waals surface area (Å²) in [5, 5.41) is 10.3. The lowest BCUT2D eigenvalue weighted by molar-refractivity contribution is -0.494. The first kappa shape index (κ1) is 8.39. The fourth-order valence-electron chi connectivity index (χ4n) is 0.939. The maximum Gasteiger partial charge on any atom is 0.293 e. The summed E-state index contributed by atoms with van der Waals surface area (Å²) in [5.74, 6) is -0.502. The molecule has 0 aromatic heterocycles. The number of nitro groups is 1. The van der Waals surface area contributed by atoms with E-state index in [9.17, 15) is 14.9 Å². The second-order valence-electron chi connectivity index (χ2n) is 2.31. The van der Waals surface area contributed by atoms with Crippen LogP contribution in [-0.4, -0.2) is 16.7 Å². The summed E-state index contributed by atoms with van der Waals surface area (Å²) >= 11 is 0. The van der Waals surface area contributed by atoms with Crippen LogP contribution in [-0.2, 0) is 4.79 Å². The molecule has 0 bridgehead atoms. The summed E-state index contributed by atoms with van der Waals surface area (Å²) in [5.41, 5.74) is 0.291. The van der Waals surface area contributed by atoms with Gasteiger partial charge in [-0.3, -0.25) is 14.9 Å². The van der Waals surface area contributed by atoms with Crippen LogP contribution in [0.15, 0.2) is 36.5 Å². The van der Waals surface area contributed by atoms with Crippen molar-refractivity contribution in [1.82, 2.24) is 0 Å². The second-order valence-corrected chi connectivity index (χ2v) is 2.31. The number of nitrogens with zero attached hydrogens (tertiary/aromatic N) is 1. The molecular weight excluding hydrogens is 158 g/mol. The molecule has 1 aliphatic rings. The van der Waals surface area contributed by atoms with Crippen LogP contribution in [0.25, 0.3) is 0 Å². The lowest BCUT2D eigenvalue weighted by Gasteiger charge is -2.07. The molecule has 0 amide bonds. The Labute approximate surface area is 69.0 Å². The van der Waals surface area contributed by atoms with Gasteiger partial charge in [0.15, 0.2) is 0 Å². The number of rotatable bonds is 2. The molecule has 0 heterocycles. The lowest BCUT2D eigenvalue weighted by Crippen LogP contribution is -2.29. The van der Waals surface area contributed by atoms with E-state index < -0.39 is 16.7 Å². The minimum Gasteiger partial charge on any atom is -0.286 e. The molecule has 4 nitrogen and oxygen atoms in total. The van der Waals surface area contributed by atoms with Crippen LogP contribution in [0.5, 0.6) is 0 Å². The number of allylic oxidation sites excluding steroid dienone is 3. The van der Waals surface area contributed by atoms with Crippen molar-refractivity contribution in [2.24, 2.45) is 0 Å². The molecular formula is C8H7NO3.